The Hall–Kier alpha value is -0.360. The first kappa shape index (κ1) is 10.7. The second-order valence-electron chi connectivity index (χ2n) is 2.15. The maximum atomic E-state index is 12.3. The van der Waals surface area contributed by atoms with Gasteiger partial charge >= 0.3 is 0 Å². The zero-order valence-electron chi connectivity index (χ0n) is 6.10. The van der Waals surface area contributed by atoms with Gasteiger partial charge in [0.05, 0.1) is 10.0 Å². The smallest absolute Gasteiger partial charge is 0.266 e. The predicted octanol–water partition coefficient (Wildman–Crippen LogP) is 3.36. The molecule has 1 aromatic rings. The Morgan fingerprint density at radius 3 is 2.46 bits per heavy atom. The van der Waals surface area contributed by atoms with E-state index in [1.807, 2.05) is 0 Å². The summed E-state index contributed by atoms with van der Waals surface area (Å²) in [7, 11) is 0. The van der Waals surface area contributed by atoms with Gasteiger partial charge < -0.3 is 0 Å². The minimum Gasteiger partial charge on any atom is -0.296 e. The van der Waals surface area contributed by atoms with E-state index in [9.17, 15) is 13.6 Å². The molecule has 0 saturated carbocycles. The number of carbonyl (C=O) groups excluding carboxylic acids is 1. The van der Waals surface area contributed by atoms with Gasteiger partial charge in [-0.2, -0.15) is 0 Å². The van der Waals surface area contributed by atoms with Gasteiger partial charge in [0.15, 0.2) is 6.29 Å². The van der Waals surface area contributed by atoms with Gasteiger partial charge in [-0.3, -0.25) is 9.78 Å². The van der Waals surface area contributed by atoms with E-state index in [0.717, 1.165) is 6.20 Å². The molecule has 0 aromatic carbocycles. The molecule has 70 valence electrons. The van der Waals surface area contributed by atoms with Crippen LogP contribution >= 0.6 is 31.9 Å². The summed E-state index contributed by atoms with van der Waals surface area (Å²) in [6.07, 6.45) is -1.15. The number of hydrogen-bond acceptors (Lipinski definition) is 2. The molecule has 0 amide bonds. The van der Waals surface area contributed by atoms with E-state index in [2.05, 4.69) is 36.8 Å². The van der Waals surface area contributed by atoms with Crippen LogP contribution in [0.15, 0.2) is 15.1 Å². The second-order valence-corrected chi connectivity index (χ2v) is 3.73. The standard InChI is InChI=1S/C7H3Br2F2NO/c8-5-3(7(10)11)1-12-4(2-13)6(5)9/h1-2,7H. The van der Waals surface area contributed by atoms with Gasteiger partial charge in [0.25, 0.3) is 6.43 Å². The molecule has 13 heavy (non-hydrogen) atoms. The van der Waals surface area contributed by atoms with Gasteiger partial charge in [-0.05, 0) is 31.9 Å². The Morgan fingerprint density at radius 1 is 1.38 bits per heavy atom. The molecule has 0 aliphatic rings. The van der Waals surface area contributed by atoms with Crippen molar-refractivity contribution in [1.82, 2.24) is 4.98 Å². The van der Waals surface area contributed by atoms with Crippen LogP contribution in [0.1, 0.15) is 22.5 Å². The molecule has 0 bridgehead atoms. The average Bonchev–Trinajstić information content (AvgIpc) is 2.09. The van der Waals surface area contributed by atoms with Gasteiger partial charge in [-0.25, -0.2) is 8.78 Å². The van der Waals surface area contributed by atoms with Crippen molar-refractivity contribution >= 4 is 38.1 Å². The SMILES string of the molecule is O=Cc1ncc(C(F)F)c(Br)c1Br. The monoisotopic (exact) mass is 313 g/mol. The number of halogens is 4. The van der Waals surface area contributed by atoms with Gasteiger partial charge in [0, 0.05) is 10.7 Å². The van der Waals surface area contributed by atoms with E-state index in [1.54, 1.807) is 0 Å². The van der Waals surface area contributed by atoms with E-state index in [1.165, 1.54) is 0 Å². The fourth-order valence-corrected chi connectivity index (χ4v) is 1.63. The Labute approximate surface area is 89.6 Å². The average molecular weight is 315 g/mol. The lowest BCUT2D eigenvalue weighted by Crippen LogP contribution is -1.95. The fourth-order valence-electron chi connectivity index (χ4n) is 0.726. The lowest BCUT2D eigenvalue weighted by atomic mass is 10.2. The number of carbonyl (C=O) groups is 1. The highest BCUT2D eigenvalue weighted by Gasteiger charge is 2.16. The normalized spacial score (nSPS) is 10.5. The number of aldehydes is 1. The molecule has 0 radical (unpaired) electrons. The molecule has 0 saturated heterocycles. The van der Waals surface area contributed by atoms with E-state index in [4.69, 9.17) is 0 Å². The van der Waals surface area contributed by atoms with Gasteiger partial charge in [-0.1, -0.05) is 0 Å². The molecule has 1 aromatic heterocycles. The highest BCUT2D eigenvalue weighted by atomic mass is 79.9. The Balaban J connectivity index is 3.31. The van der Waals surface area contributed by atoms with Crippen LogP contribution in [0.5, 0.6) is 0 Å². The molecular formula is C7H3Br2F2NO. The zero-order valence-corrected chi connectivity index (χ0v) is 9.27. The molecule has 0 atom stereocenters. The molecule has 0 unspecified atom stereocenters. The van der Waals surface area contributed by atoms with Gasteiger partial charge in [0.1, 0.15) is 5.69 Å². The quantitative estimate of drug-likeness (QED) is 0.784. The summed E-state index contributed by atoms with van der Waals surface area (Å²) >= 11 is 5.93. The van der Waals surface area contributed by atoms with Crippen molar-refractivity contribution in [3.63, 3.8) is 0 Å². The molecule has 0 spiro atoms. The van der Waals surface area contributed by atoms with E-state index in [-0.39, 0.29) is 20.2 Å². The third-order valence-electron chi connectivity index (χ3n) is 1.36. The zero-order chi connectivity index (χ0) is 10.0. The van der Waals surface area contributed by atoms with Crippen molar-refractivity contribution in [3.05, 3.63) is 26.4 Å². The summed E-state index contributed by atoms with van der Waals surface area (Å²) < 4.78 is 24.9. The number of nitrogens with zero attached hydrogens (tertiary/aromatic N) is 1. The van der Waals surface area contributed by atoms with Crippen molar-refractivity contribution in [2.45, 2.75) is 6.43 Å². The van der Waals surface area contributed by atoms with Crippen LogP contribution in [0.4, 0.5) is 8.78 Å². The molecule has 6 heteroatoms. The molecule has 0 aliphatic carbocycles. The first-order chi connectivity index (χ1) is 6.07. The van der Waals surface area contributed by atoms with E-state index >= 15 is 0 Å². The molecule has 0 fully saturated rings. The first-order valence-electron chi connectivity index (χ1n) is 3.15. The van der Waals surface area contributed by atoms with Crippen molar-refractivity contribution in [1.29, 1.82) is 0 Å². The Morgan fingerprint density at radius 2 is 2.00 bits per heavy atom. The van der Waals surface area contributed by atoms with Crippen molar-refractivity contribution < 1.29 is 13.6 Å². The molecule has 1 rings (SSSR count). The minimum atomic E-state index is -2.61. The fraction of sp³-hybridized carbons (Fsp3) is 0.143. The summed E-state index contributed by atoms with van der Waals surface area (Å²) in [5.74, 6) is 0. The maximum absolute atomic E-state index is 12.3. The maximum Gasteiger partial charge on any atom is 0.266 e. The Kier molecular flexibility index (Phi) is 3.49. The minimum absolute atomic E-state index is 0.0938. The highest BCUT2D eigenvalue weighted by Crippen LogP contribution is 2.33. The van der Waals surface area contributed by atoms with Crippen LogP contribution in [-0.2, 0) is 0 Å². The molecular weight excluding hydrogens is 312 g/mol. The summed E-state index contributed by atoms with van der Waals surface area (Å²) in [6, 6.07) is 0. The van der Waals surface area contributed by atoms with Crippen molar-refractivity contribution in [3.8, 4) is 0 Å². The van der Waals surface area contributed by atoms with Gasteiger partial charge in [-0.15, -0.1) is 0 Å². The number of alkyl halides is 2. The van der Waals surface area contributed by atoms with Crippen molar-refractivity contribution in [2.75, 3.05) is 0 Å². The lowest BCUT2D eigenvalue weighted by Gasteiger charge is -2.05. The Bertz CT molecular complexity index is 344. The largest absolute Gasteiger partial charge is 0.296 e. The molecule has 1 heterocycles. The lowest BCUT2D eigenvalue weighted by molar-refractivity contribution is 0.111. The van der Waals surface area contributed by atoms with E-state index < -0.39 is 6.43 Å². The molecule has 0 aliphatic heterocycles. The van der Waals surface area contributed by atoms with Crippen LogP contribution in [0, 0.1) is 0 Å². The predicted molar refractivity (Wildman–Crippen MR) is 50.0 cm³/mol. The summed E-state index contributed by atoms with van der Waals surface area (Å²) in [5, 5.41) is 0. The van der Waals surface area contributed by atoms with Crippen LogP contribution in [-0.4, -0.2) is 11.3 Å². The molecule has 2 nitrogen and oxygen atoms in total. The number of hydrogen-bond donors (Lipinski definition) is 0. The van der Waals surface area contributed by atoms with Gasteiger partial charge in [0.2, 0.25) is 0 Å². The van der Waals surface area contributed by atoms with E-state index in [0.29, 0.717) is 6.29 Å². The number of rotatable bonds is 2. The summed E-state index contributed by atoms with van der Waals surface area (Å²) in [4.78, 5) is 13.9. The third-order valence-corrected chi connectivity index (χ3v) is 3.55. The summed E-state index contributed by atoms with van der Waals surface area (Å²) in [5.41, 5.74) is -0.145. The number of pyridine rings is 1. The second kappa shape index (κ2) is 4.23. The first-order valence-corrected chi connectivity index (χ1v) is 4.73. The van der Waals surface area contributed by atoms with Crippen molar-refractivity contribution in [2.24, 2.45) is 0 Å². The topological polar surface area (TPSA) is 30.0 Å². The number of aromatic nitrogens is 1. The molecule has 0 N–H and O–H groups in total. The third kappa shape index (κ3) is 2.11. The van der Waals surface area contributed by atoms with Crippen LogP contribution in [0.2, 0.25) is 0 Å². The van der Waals surface area contributed by atoms with Crippen LogP contribution in [0.25, 0.3) is 0 Å². The van der Waals surface area contributed by atoms with Crippen LogP contribution < -0.4 is 0 Å². The summed E-state index contributed by atoms with van der Waals surface area (Å²) in [6.45, 7) is 0. The highest BCUT2D eigenvalue weighted by molar-refractivity contribution is 9.13. The van der Waals surface area contributed by atoms with Crippen LogP contribution in [0.3, 0.4) is 0 Å².